The average Bonchev–Trinajstić information content (AvgIpc) is 3.11. The summed E-state index contributed by atoms with van der Waals surface area (Å²) in [4.78, 5) is 24.5. The van der Waals surface area contributed by atoms with Gasteiger partial charge in [0.1, 0.15) is 0 Å². The maximum absolute atomic E-state index is 11.9. The predicted octanol–water partition coefficient (Wildman–Crippen LogP) is 3.56. The third kappa shape index (κ3) is 5.62. The van der Waals surface area contributed by atoms with Crippen molar-refractivity contribution >= 4 is 23.0 Å². The van der Waals surface area contributed by atoms with Gasteiger partial charge >= 0.3 is 0 Å². The van der Waals surface area contributed by atoms with Crippen LogP contribution >= 0.6 is 11.3 Å². The molecule has 0 aliphatic rings. The zero-order valence-corrected chi connectivity index (χ0v) is 14.0. The van der Waals surface area contributed by atoms with Gasteiger partial charge in [-0.2, -0.15) is 0 Å². The third-order valence-electron chi connectivity index (χ3n) is 3.43. The summed E-state index contributed by atoms with van der Waals surface area (Å²) in [7, 11) is 0. The monoisotopic (exact) mass is 331 g/mol. The molecule has 122 valence electrons. The summed E-state index contributed by atoms with van der Waals surface area (Å²) in [5.74, 6) is -0.0898. The summed E-state index contributed by atoms with van der Waals surface area (Å²) < 4.78 is 5.43. The van der Waals surface area contributed by atoms with E-state index in [0.29, 0.717) is 24.6 Å². The van der Waals surface area contributed by atoms with Crippen LogP contribution in [0.3, 0.4) is 0 Å². The molecule has 2 aromatic rings. The van der Waals surface area contributed by atoms with Crippen LogP contribution in [0.2, 0.25) is 0 Å². The molecular weight excluding hydrogens is 310 g/mol. The molecule has 0 spiro atoms. The number of benzene rings is 1. The standard InChI is InChI=1S/C18H21NO3S/c1-2-22-13-15-7-4-3-6-14(15)12-19-18(21)10-9-16(20)17-8-5-11-23-17/h3-8,11H,2,9-10,12-13H2,1H3,(H,19,21). The van der Waals surface area contributed by atoms with Crippen molar-refractivity contribution in [2.24, 2.45) is 0 Å². The maximum atomic E-state index is 11.9. The van der Waals surface area contributed by atoms with Gasteiger partial charge in [-0.25, -0.2) is 0 Å². The predicted molar refractivity (Wildman–Crippen MR) is 91.5 cm³/mol. The fraction of sp³-hybridized carbons (Fsp3) is 0.333. The van der Waals surface area contributed by atoms with Crippen LogP contribution in [0.1, 0.15) is 40.6 Å². The lowest BCUT2D eigenvalue weighted by Crippen LogP contribution is -2.23. The van der Waals surface area contributed by atoms with Gasteiger partial charge in [0.15, 0.2) is 5.78 Å². The van der Waals surface area contributed by atoms with Crippen molar-refractivity contribution in [3.63, 3.8) is 0 Å². The Morgan fingerprint density at radius 2 is 1.87 bits per heavy atom. The second-order valence-corrected chi connectivity index (χ2v) is 6.03. The number of thiophene rings is 1. The second kappa shape index (κ2) is 9.22. The number of rotatable bonds is 9. The SMILES string of the molecule is CCOCc1ccccc1CNC(=O)CCC(=O)c1cccs1. The minimum atomic E-state index is -0.110. The summed E-state index contributed by atoms with van der Waals surface area (Å²) in [6, 6.07) is 11.5. The number of ketones is 1. The van der Waals surface area contributed by atoms with Gasteiger partial charge in [-0.1, -0.05) is 30.3 Å². The molecule has 1 heterocycles. The van der Waals surface area contributed by atoms with Gasteiger partial charge < -0.3 is 10.1 Å². The molecule has 4 nitrogen and oxygen atoms in total. The van der Waals surface area contributed by atoms with Crippen molar-refractivity contribution in [3.8, 4) is 0 Å². The number of Topliss-reactive ketones (excluding diaryl/α,β-unsaturated/α-hetero) is 1. The van der Waals surface area contributed by atoms with Crippen molar-refractivity contribution < 1.29 is 14.3 Å². The van der Waals surface area contributed by atoms with Gasteiger partial charge in [0, 0.05) is 26.0 Å². The van der Waals surface area contributed by atoms with E-state index in [9.17, 15) is 9.59 Å². The summed E-state index contributed by atoms with van der Waals surface area (Å²) in [5, 5.41) is 4.74. The van der Waals surface area contributed by atoms with E-state index in [2.05, 4.69) is 5.32 Å². The first-order chi connectivity index (χ1) is 11.2. The summed E-state index contributed by atoms with van der Waals surface area (Å²) >= 11 is 1.41. The molecule has 0 aliphatic heterocycles. The molecule has 2 rings (SSSR count). The molecule has 0 saturated carbocycles. The Labute approximate surface area is 140 Å². The van der Waals surface area contributed by atoms with E-state index in [0.717, 1.165) is 11.1 Å². The highest BCUT2D eigenvalue weighted by Crippen LogP contribution is 2.13. The number of ether oxygens (including phenoxy) is 1. The molecule has 5 heteroatoms. The third-order valence-corrected chi connectivity index (χ3v) is 4.34. The summed E-state index contributed by atoms with van der Waals surface area (Å²) in [6.45, 7) is 3.61. The first-order valence-corrected chi connectivity index (χ1v) is 8.56. The van der Waals surface area contributed by atoms with E-state index >= 15 is 0 Å². The minimum absolute atomic E-state index is 0.0203. The average molecular weight is 331 g/mol. The molecule has 23 heavy (non-hydrogen) atoms. The lowest BCUT2D eigenvalue weighted by atomic mass is 10.1. The molecule has 0 fully saturated rings. The van der Waals surface area contributed by atoms with Gasteiger partial charge in [-0.15, -0.1) is 11.3 Å². The Balaban J connectivity index is 1.79. The van der Waals surface area contributed by atoms with Gasteiger partial charge in [0.2, 0.25) is 5.91 Å². The molecule has 1 aromatic heterocycles. The first-order valence-electron chi connectivity index (χ1n) is 7.68. The molecule has 1 N–H and O–H groups in total. The van der Waals surface area contributed by atoms with Crippen LogP contribution in [0.25, 0.3) is 0 Å². The van der Waals surface area contributed by atoms with Crippen molar-refractivity contribution in [1.29, 1.82) is 0 Å². The molecule has 1 amide bonds. The highest BCUT2D eigenvalue weighted by molar-refractivity contribution is 7.12. The number of hydrogen-bond acceptors (Lipinski definition) is 4. The Morgan fingerprint density at radius 3 is 2.57 bits per heavy atom. The van der Waals surface area contributed by atoms with Crippen molar-refractivity contribution in [3.05, 3.63) is 57.8 Å². The number of carbonyl (C=O) groups is 2. The van der Waals surface area contributed by atoms with Gasteiger partial charge in [0.05, 0.1) is 11.5 Å². The van der Waals surface area contributed by atoms with E-state index in [4.69, 9.17) is 4.74 Å². The van der Waals surface area contributed by atoms with Crippen molar-refractivity contribution in [2.75, 3.05) is 6.61 Å². The van der Waals surface area contributed by atoms with Gasteiger partial charge in [-0.3, -0.25) is 9.59 Å². The van der Waals surface area contributed by atoms with Crippen LogP contribution in [0.15, 0.2) is 41.8 Å². The number of amides is 1. The van der Waals surface area contributed by atoms with Crippen molar-refractivity contribution in [1.82, 2.24) is 5.32 Å². The fourth-order valence-electron chi connectivity index (χ4n) is 2.15. The molecule has 0 atom stereocenters. The molecule has 1 aromatic carbocycles. The van der Waals surface area contributed by atoms with Crippen LogP contribution in [-0.2, 0) is 22.7 Å². The Morgan fingerprint density at radius 1 is 1.09 bits per heavy atom. The van der Waals surface area contributed by atoms with E-state index in [-0.39, 0.29) is 24.5 Å². The van der Waals surface area contributed by atoms with E-state index in [1.54, 1.807) is 6.07 Å². The second-order valence-electron chi connectivity index (χ2n) is 5.08. The molecule has 0 saturated heterocycles. The lowest BCUT2D eigenvalue weighted by molar-refractivity contribution is -0.121. The van der Waals surface area contributed by atoms with E-state index in [1.165, 1.54) is 11.3 Å². The van der Waals surface area contributed by atoms with Crippen LogP contribution in [-0.4, -0.2) is 18.3 Å². The van der Waals surface area contributed by atoms with Crippen molar-refractivity contribution in [2.45, 2.75) is 32.9 Å². The molecule has 0 unspecified atom stereocenters. The largest absolute Gasteiger partial charge is 0.377 e. The number of carbonyl (C=O) groups excluding carboxylic acids is 2. The molecule has 0 radical (unpaired) electrons. The van der Waals surface area contributed by atoms with Gasteiger partial charge in [0.25, 0.3) is 0 Å². The highest BCUT2D eigenvalue weighted by Gasteiger charge is 2.10. The molecule has 0 bridgehead atoms. The lowest BCUT2D eigenvalue weighted by Gasteiger charge is -2.10. The maximum Gasteiger partial charge on any atom is 0.220 e. The minimum Gasteiger partial charge on any atom is -0.377 e. The fourth-order valence-corrected chi connectivity index (χ4v) is 2.85. The zero-order chi connectivity index (χ0) is 16.5. The molecule has 0 aliphatic carbocycles. The van der Waals surface area contributed by atoms with E-state index < -0.39 is 0 Å². The Kier molecular flexibility index (Phi) is 6.97. The summed E-state index contributed by atoms with van der Waals surface area (Å²) in [5.41, 5.74) is 2.11. The highest BCUT2D eigenvalue weighted by atomic mass is 32.1. The Bertz CT molecular complexity index is 637. The molecular formula is C18H21NO3S. The number of nitrogens with one attached hydrogen (secondary N) is 1. The van der Waals surface area contributed by atoms with Crippen LogP contribution in [0.5, 0.6) is 0 Å². The Hall–Kier alpha value is -1.98. The smallest absolute Gasteiger partial charge is 0.220 e. The zero-order valence-electron chi connectivity index (χ0n) is 13.2. The van der Waals surface area contributed by atoms with Gasteiger partial charge in [-0.05, 0) is 29.5 Å². The normalized spacial score (nSPS) is 10.5. The van der Waals surface area contributed by atoms with Crippen LogP contribution in [0.4, 0.5) is 0 Å². The first kappa shape index (κ1) is 17.4. The van der Waals surface area contributed by atoms with Crippen LogP contribution < -0.4 is 5.32 Å². The number of hydrogen-bond donors (Lipinski definition) is 1. The van der Waals surface area contributed by atoms with Crippen LogP contribution in [0, 0.1) is 0 Å². The quantitative estimate of drug-likeness (QED) is 0.715. The summed E-state index contributed by atoms with van der Waals surface area (Å²) in [6.07, 6.45) is 0.456. The van der Waals surface area contributed by atoms with E-state index in [1.807, 2.05) is 42.6 Å². The topological polar surface area (TPSA) is 55.4 Å².